The maximum absolute atomic E-state index is 6.21. The number of hydrogen-bond acceptors (Lipinski definition) is 3. The van der Waals surface area contributed by atoms with E-state index >= 15 is 0 Å². The lowest BCUT2D eigenvalue weighted by Gasteiger charge is -2.24. The van der Waals surface area contributed by atoms with Crippen LogP contribution >= 0.6 is 11.6 Å². The number of benzene rings is 1. The fraction of sp³-hybridized carbons (Fsp3) is 0.571. The molecule has 0 radical (unpaired) electrons. The van der Waals surface area contributed by atoms with Crippen LogP contribution in [0.3, 0.4) is 0 Å². The van der Waals surface area contributed by atoms with Crippen LogP contribution in [0.15, 0.2) is 24.3 Å². The molecular weight excluding hydrogens is 252 g/mol. The van der Waals surface area contributed by atoms with Gasteiger partial charge in [-0.25, -0.2) is 0 Å². The van der Waals surface area contributed by atoms with Crippen LogP contribution in [0.4, 0.5) is 0 Å². The minimum atomic E-state index is -0.565. The molecule has 0 aromatic heterocycles. The van der Waals surface area contributed by atoms with Crippen molar-refractivity contribution in [3.05, 3.63) is 34.9 Å². The van der Waals surface area contributed by atoms with E-state index in [1.165, 1.54) is 0 Å². The van der Waals surface area contributed by atoms with Gasteiger partial charge < -0.3 is 14.2 Å². The Balaban J connectivity index is 2.30. The zero-order valence-corrected chi connectivity index (χ0v) is 11.7. The van der Waals surface area contributed by atoms with E-state index in [-0.39, 0.29) is 6.10 Å². The molecule has 0 unspecified atom stereocenters. The first-order chi connectivity index (χ1) is 8.65. The van der Waals surface area contributed by atoms with Gasteiger partial charge in [0.2, 0.25) is 0 Å². The second kappa shape index (κ2) is 5.57. The zero-order valence-electron chi connectivity index (χ0n) is 11.0. The van der Waals surface area contributed by atoms with Gasteiger partial charge in [0.1, 0.15) is 6.10 Å². The molecule has 1 fully saturated rings. The van der Waals surface area contributed by atoms with Gasteiger partial charge in [-0.3, -0.25) is 0 Å². The van der Waals surface area contributed by atoms with Crippen molar-refractivity contribution in [2.45, 2.75) is 44.9 Å². The Morgan fingerprint density at radius 1 is 1.22 bits per heavy atom. The molecule has 0 saturated carbocycles. The molecule has 4 heteroatoms. The van der Waals surface area contributed by atoms with Gasteiger partial charge in [0.15, 0.2) is 12.1 Å². The number of rotatable bonds is 4. The van der Waals surface area contributed by atoms with E-state index in [2.05, 4.69) is 0 Å². The fourth-order valence-electron chi connectivity index (χ4n) is 2.26. The summed E-state index contributed by atoms with van der Waals surface area (Å²) < 4.78 is 17.4. The van der Waals surface area contributed by atoms with Crippen molar-refractivity contribution < 1.29 is 14.2 Å². The molecule has 18 heavy (non-hydrogen) atoms. The van der Waals surface area contributed by atoms with E-state index in [0.29, 0.717) is 5.02 Å². The number of ether oxygens (including phenoxy) is 3. The third kappa shape index (κ3) is 2.41. The van der Waals surface area contributed by atoms with Crippen molar-refractivity contribution in [2.75, 3.05) is 7.11 Å². The van der Waals surface area contributed by atoms with E-state index in [9.17, 15) is 0 Å². The second-order valence-corrected chi connectivity index (χ2v) is 4.81. The summed E-state index contributed by atoms with van der Waals surface area (Å²) in [5, 5.41) is 0.677. The first kappa shape index (κ1) is 13.8. The van der Waals surface area contributed by atoms with Gasteiger partial charge in [0.25, 0.3) is 0 Å². The largest absolute Gasteiger partial charge is 0.353 e. The SMILES string of the molecule is CCC1(CC)O[C@@H](OC)[C@@H](c2ccccc2Cl)O1. The predicted octanol–water partition coefficient (Wildman–Crippen LogP) is 3.92. The lowest BCUT2D eigenvalue weighted by molar-refractivity contribution is -0.208. The van der Waals surface area contributed by atoms with E-state index < -0.39 is 12.1 Å². The van der Waals surface area contributed by atoms with E-state index in [1.807, 2.05) is 38.1 Å². The Kier molecular flexibility index (Phi) is 4.28. The molecule has 1 heterocycles. The Morgan fingerprint density at radius 2 is 1.89 bits per heavy atom. The molecule has 3 nitrogen and oxygen atoms in total. The fourth-order valence-corrected chi connectivity index (χ4v) is 2.50. The summed E-state index contributed by atoms with van der Waals surface area (Å²) >= 11 is 6.21. The summed E-state index contributed by atoms with van der Waals surface area (Å²) in [4.78, 5) is 0. The van der Waals surface area contributed by atoms with Crippen LogP contribution < -0.4 is 0 Å². The average Bonchev–Trinajstić information content (AvgIpc) is 2.79. The third-order valence-electron chi connectivity index (χ3n) is 3.44. The minimum absolute atomic E-state index is 0.274. The van der Waals surface area contributed by atoms with Crippen LogP contribution in [0.25, 0.3) is 0 Å². The number of methoxy groups -OCH3 is 1. The van der Waals surface area contributed by atoms with Crippen LogP contribution in [0.5, 0.6) is 0 Å². The summed E-state index contributed by atoms with van der Waals surface area (Å²) in [6, 6.07) is 7.64. The standard InChI is InChI=1S/C14H19ClO3/c1-4-14(5-2)17-12(13(16-3)18-14)10-8-6-7-9-11(10)15/h6-9,12-13H,4-5H2,1-3H3/t12-,13-/m1/s1. The smallest absolute Gasteiger partial charge is 0.191 e. The van der Waals surface area contributed by atoms with Crippen molar-refractivity contribution in [3.8, 4) is 0 Å². The third-order valence-corrected chi connectivity index (χ3v) is 3.79. The molecule has 1 saturated heterocycles. The molecule has 1 aromatic rings. The molecule has 2 atom stereocenters. The van der Waals surface area contributed by atoms with Gasteiger partial charge >= 0.3 is 0 Å². The highest BCUT2D eigenvalue weighted by molar-refractivity contribution is 6.31. The molecule has 0 N–H and O–H groups in total. The Morgan fingerprint density at radius 3 is 2.44 bits per heavy atom. The summed E-state index contributed by atoms with van der Waals surface area (Å²) in [6.07, 6.45) is 0.877. The first-order valence-electron chi connectivity index (χ1n) is 6.28. The summed E-state index contributed by atoms with van der Waals surface area (Å²) in [7, 11) is 1.62. The Bertz CT molecular complexity index is 404. The monoisotopic (exact) mass is 270 g/mol. The second-order valence-electron chi connectivity index (χ2n) is 4.40. The van der Waals surface area contributed by atoms with Crippen LogP contribution in [-0.2, 0) is 14.2 Å². The van der Waals surface area contributed by atoms with E-state index in [1.54, 1.807) is 7.11 Å². The molecule has 0 aliphatic carbocycles. The quantitative estimate of drug-likeness (QED) is 0.830. The van der Waals surface area contributed by atoms with Crippen molar-refractivity contribution in [1.82, 2.24) is 0 Å². The molecule has 0 spiro atoms. The summed E-state index contributed by atoms with van der Waals surface area (Å²) in [6.45, 7) is 4.09. The Labute approximate surface area is 113 Å². The topological polar surface area (TPSA) is 27.7 Å². The summed E-state index contributed by atoms with van der Waals surface area (Å²) in [5.74, 6) is -0.565. The minimum Gasteiger partial charge on any atom is -0.353 e. The number of hydrogen-bond donors (Lipinski definition) is 0. The summed E-state index contributed by atoms with van der Waals surface area (Å²) in [5.41, 5.74) is 0.912. The van der Waals surface area contributed by atoms with Gasteiger partial charge in [-0.05, 0) is 18.9 Å². The van der Waals surface area contributed by atoms with Crippen molar-refractivity contribution in [1.29, 1.82) is 0 Å². The average molecular weight is 271 g/mol. The molecule has 1 aliphatic heterocycles. The molecular formula is C14H19ClO3. The maximum Gasteiger partial charge on any atom is 0.191 e. The molecule has 0 bridgehead atoms. The molecule has 1 aromatic carbocycles. The highest BCUT2D eigenvalue weighted by Crippen LogP contribution is 2.43. The van der Waals surface area contributed by atoms with Crippen molar-refractivity contribution >= 4 is 11.6 Å². The first-order valence-corrected chi connectivity index (χ1v) is 6.66. The van der Waals surface area contributed by atoms with E-state index in [0.717, 1.165) is 18.4 Å². The van der Waals surface area contributed by atoms with Gasteiger partial charge in [-0.2, -0.15) is 0 Å². The predicted molar refractivity (Wildman–Crippen MR) is 70.5 cm³/mol. The molecule has 100 valence electrons. The molecule has 1 aliphatic rings. The van der Waals surface area contributed by atoms with Crippen LogP contribution in [0, 0.1) is 0 Å². The normalized spacial score (nSPS) is 26.4. The molecule has 0 amide bonds. The number of halogens is 1. The van der Waals surface area contributed by atoms with Crippen molar-refractivity contribution in [2.24, 2.45) is 0 Å². The van der Waals surface area contributed by atoms with Gasteiger partial charge in [-0.1, -0.05) is 43.6 Å². The highest BCUT2D eigenvalue weighted by atomic mass is 35.5. The van der Waals surface area contributed by atoms with Crippen molar-refractivity contribution in [3.63, 3.8) is 0 Å². The van der Waals surface area contributed by atoms with Crippen LogP contribution in [0.2, 0.25) is 5.02 Å². The van der Waals surface area contributed by atoms with Gasteiger partial charge in [-0.15, -0.1) is 0 Å². The Hall–Kier alpha value is -0.610. The van der Waals surface area contributed by atoms with Crippen LogP contribution in [0.1, 0.15) is 38.4 Å². The highest BCUT2D eigenvalue weighted by Gasteiger charge is 2.46. The maximum atomic E-state index is 6.21. The van der Waals surface area contributed by atoms with Crippen LogP contribution in [-0.4, -0.2) is 19.2 Å². The lowest BCUT2D eigenvalue weighted by Crippen LogP contribution is -2.29. The van der Waals surface area contributed by atoms with Gasteiger partial charge in [0.05, 0.1) is 0 Å². The van der Waals surface area contributed by atoms with E-state index in [4.69, 9.17) is 25.8 Å². The zero-order chi connectivity index (χ0) is 13.2. The molecule has 2 rings (SSSR count). The van der Waals surface area contributed by atoms with Gasteiger partial charge in [0, 0.05) is 17.7 Å². The lowest BCUT2D eigenvalue weighted by atomic mass is 10.1.